The number of nitrogens with one attached hydrogen (secondary N) is 2. The lowest BCUT2D eigenvalue weighted by Crippen LogP contribution is -2.37. The summed E-state index contributed by atoms with van der Waals surface area (Å²) in [6, 6.07) is 10.4. The van der Waals surface area contributed by atoms with Crippen molar-refractivity contribution in [2.75, 3.05) is 39.3 Å². The van der Waals surface area contributed by atoms with Crippen LogP contribution in [-0.2, 0) is 11.2 Å². The van der Waals surface area contributed by atoms with E-state index < -0.39 is 0 Å². The van der Waals surface area contributed by atoms with Gasteiger partial charge in [0.2, 0.25) is 5.91 Å². The summed E-state index contributed by atoms with van der Waals surface area (Å²) in [5.41, 5.74) is 1.34. The number of amides is 1. The minimum atomic E-state index is 0.177. The lowest BCUT2D eigenvalue weighted by atomic mass is 10.0. The number of benzene rings is 1. The average molecular weight is 287 g/mol. The molecular weight excluding hydrogens is 262 g/mol. The molecule has 0 saturated carbocycles. The molecule has 1 aromatic rings. The summed E-state index contributed by atoms with van der Waals surface area (Å²) in [6.45, 7) is 5.75. The van der Waals surface area contributed by atoms with Crippen molar-refractivity contribution in [3.05, 3.63) is 35.9 Å². The first kappa shape index (κ1) is 14.5. The average Bonchev–Trinajstić information content (AvgIpc) is 3.06. The maximum Gasteiger partial charge on any atom is 0.234 e. The molecule has 114 valence electrons. The van der Waals surface area contributed by atoms with Gasteiger partial charge in [-0.2, -0.15) is 0 Å². The molecule has 3 rings (SSSR count). The molecule has 21 heavy (non-hydrogen) atoms. The van der Waals surface area contributed by atoms with E-state index in [4.69, 9.17) is 0 Å². The zero-order valence-corrected chi connectivity index (χ0v) is 12.6. The molecule has 0 aliphatic carbocycles. The van der Waals surface area contributed by atoms with Crippen molar-refractivity contribution in [2.45, 2.75) is 12.8 Å². The van der Waals surface area contributed by atoms with Crippen molar-refractivity contribution in [2.24, 2.45) is 11.8 Å². The molecule has 2 aliphatic heterocycles. The van der Waals surface area contributed by atoms with Crippen LogP contribution in [0.1, 0.15) is 12.0 Å². The summed E-state index contributed by atoms with van der Waals surface area (Å²) >= 11 is 0. The number of nitrogens with zero attached hydrogens (tertiary/aromatic N) is 1. The fourth-order valence-corrected chi connectivity index (χ4v) is 3.51. The van der Waals surface area contributed by atoms with Crippen molar-refractivity contribution in [1.29, 1.82) is 0 Å². The maximum atomic E-state index is 12.0. The van der Waals surface area contributed by atoms with Crippen LogP contribution in [0.15, 0.2) is 30.3 Å². The first-order valence-electron chi connectivity index (χ1n) is 8.05. The zero-order chi connectivity index (χ0) is 14.5. The smallest absolute Gasteiger partial charge is 0.234 e. The van der Waals surface area contributed by atoms with E-state index >= 15 is 0 Å². The van der Waals surface area contributed by atoms with Crippen molar-refractivity contribution in [1.82, 2.24) is 15.5 Å². The van der Waals surface area contributed by atoms with E-state index in [-0.39, 0.29) is 5.91 Å². The number of carbonyl (C=O) groups is 1. The molecule has 2 atom stereocenters. The van der Waals surface area contributed by atoms with Crippen LogP contribution >= 0.6 is 0 Å². The Morgan fingerprint density at radius 1 is 1.19 bits per heavy atom. The molecule has 0 bridgehead atoms. The van der Waals surface area contributed by atoms with Gasteiger partial charge in [0.15, 0.2) is 0 Å². The molecule has 4 nitrogen and oxygen atoms in total. The van der Waals surface area contributed by atoms with Crippen LogP contribution in [0.2, 0.25) is 0 Å². The summed E-state index contributed by atoms with van der Waals surface area (Å²) in [5, 5.41) is 6.48. The second-order valence-electron chi connectivity index (χ2n) is 6.31. The number of hydrogen-bond acceptors (Lipinski definition) is 3. The molecule has 0 spiro atoms. The van der Waals surface area contributed by atoms with Crippen LogP contribution < -0.4 is 10.6 Å². The van der Waals surface area contributed by atoms with Gasteiger partial charge in [-0.25, -0.2) is 0 Å². The van der Waals surface area contributed by atoms with Crippen LogP contribution in [0.4, 0.5) is 0 Å². The predicted octanol–water partition coefficient (Wildman–Crippen LogP) is 0.887. The molecule has 0 aromatic heterocycles. The fourth-order valence-electron chi connectivity index (χ4n) is 3.51. The molecule has 1 aromatic carbocycles. The van der Waals surface area contributed by atoms with E-state index in [1.807, 2.05) is 6.07 Å². The Labute approximate surface area is 126 Å². The number of likely N-dealkylation sites (tertiary alicyclic amines) is 1. The van der Waals surface area contributed by atoms with Crippen LogP contribution in [-0.4, -0.2) is 50.1 Å². The molecule has 2 heterocycles. The van der Waals surface area contributed by atoms with Gasteiger partial charge in [-0.1, -0.05) is 30.3 Å². The Bertz CT molecular complexity index is 450. The lowest BCUT2D eigenvalue weighted by molar-refractivity contribution is -0.122. The van der Waals surface area contributed by atoms with Gasteiger partial charge in [-0.15, -0.1) is 0 Å². The summed E-state index contributed by atoms with van der Waals surface area (Å²) in [6.07, 6.45) is 2.03. The molecule has 2 N–H and O–H groups in total. The van der Waals surface area contributed by atoms with Gasteiger partial charge >= 0.3 is 0 Å². The highest BCUT2D eigenvalue weighted by atomic mass is 16.2. The molecule has 2 saturated heterocycles. The Morgan fingerprint density at radius 3 is 2.62 bits per heavy atom. The van der Waals surface area contributed by atoms with Gasteiger partial charge in [0.05, 0.1) is 6.54 Å². The quantitative estimate of drug-likeness (QED) is 0.764. The molecule has 4 heteroatoms. The van der Waals surface area contributed by atoms with Gasteiger partial charge in [-0.3, -0.25) is 9.69 Å². The monoisotopic (exact) mass is 287 g/mol. The molecule has 2 aliphatic rings. The van der Waals surface area contributed by atoms with Crippen LogP contribution in [0.3, 0.4) is 0 Å². The third-order valence-electron chi connectivity index (χ3n) is 4.64. The normalized spacial score (nSPS) is 25.0. The summed E-state index contributed by atoms with van der Waals surface area (Å²) in [7, 11) is 0. The highest BCUT2D eigenvalue weighted by molar-refractivity contribution is 5.78. The molecule has 0 unspecified atom stereocenters. The molecule has 2 fully saturated rings. The third-order valence-corrected chi connectivity index (χ3v) is 4.64. The maximum absolute atomic E-state index is 12.0. The van der Waals surface area contributed by atoms with E-state index in [2.05, 4.69) is 39.8 Å². The van der Waals surface area contributed by atoms with Crippen molar-refractivity contribution in [3.63, 3.8) is 0 Å². The van der Waals surface area contributed by atoms with Gasteiger partial charge in [0, 0.05) is 19.6 Å². The minimum Gasteiger partial charge on any atom is -0.355 e. The number of fused-ring (bicyclic) bond motifs is 1. The highest BCUT2D eigenvalue weighted by Gasteiger charge is 2.36. The van der Waals surface area contributed by atoms with Gasteiger partial charge in [0.1, 0.15) is 0 Å². The largest absolute Gasteiger partial charge is 0.355 e. The van der Waals surface area contributed by atoms with Crippen LogP contribution in [0.5, 0.6) is 0 Å². The second kappa shape index (κ2) is 7.05. The third kappa shape index (κ3) is 4.05. The number of hydrogen-bond donors (Lipinski definition) is 2. The van der Waals surface area contributed by atoms with Crippen molar-refractivity contribution < 1.29 is 4.79 Å². The van der Waals surface area contributed by atoms with E-state index in [1.54, 1.807) is 0 Å². The molecular formula is C17H25N3O. The van der Waals surface area contributed by atoms with E-state index in [1.165, 1.54) is 5.56 Å². The first-order valence-corrected chi connectivity index (χ1v) is 8.05. The van der Waals surface area contributed by atoms with E-state index in [9.17, 15) is 4.79 Å². The van der Waals surface area contributed by atoms with Crippen molar-refractivity contribution >= 4 is 5.91 Å². The molecule has 0 radical (unpaired) electrons. The Kier molecular flexibility index (Phi) is 4.88. The van der Waals surface area contributed by atoms with E-state index in [0.29, 0.717) is 6.54 Å². The van der Waals surface area contributed by atoms with Crippen molar-refractivity contribution in [3.8, 4) is 0 Å². The summed E-state index contributed by atoms with van der Waals surface area (Å²) < 4.78 is 0. The van der Waals surface area contributed by atoms with Gasteiger partial charge < -0.3 is 10.6 Å². The van der Waals surface area contributed by atoms with Gasteiger partial charge in [0.25, 0.3) is 0 Å². The summed E-state index contributed by atoms with van der Waals surface area (Å²) in [5.74, 6) is 1.70. The number of carbonyl (C=O) groups excluding carboxylic acids is 1. The standard InChI is InChI=1S/C17H25N3O/c21-17(13-20-11-15-9-18-10-16(15)12-20)19-8-4-7-14-5-2-1-3-6-14/h1-3,5-6,15-16,18H,4,7-13H2,(H,19,21)/t15-,16+. The van der Waals surface area contributed by atoms with Crippen LogP contribution in [0.25, 0.3) is 0 Å². The topological polar surface area (TPSA) is 44.4 Å². The second-order valence-corrected chi connectivity index (χ2v) is 6.31. The number of rotatable bonds is 6. The lowest BCUT2D eigenvalue weighted by Gasteiger charge is -2.16. The zero-order valence-electron chi connectivity index (χ0n) is 12.6. The first-order chi connectivity index (χ1) is 10.3. The Hall–Kier alpha value is -1.39. The van der Waals surface area contributed by atoms with E-state index in [0.717, 1.165) is 57.4 Å². The SMILES string of the molecule is O=C(CN1C[C@H]2CNC[C@H]2C1)NCCCc1ccccc1. The molecule has 1 amide bonds. The minimum absolute atomic E-state index is 0.177. The summed E-state index contributed by atoms with van der Waals surface area (Å²) in [4.78, 5) is 14.3. The Balaban J connectivity index is 1.30. The van der Waals surface area contributed by atoms with Crippen LogP contribution in [0, 0.1) is 11.8 Å². The Morgan fingerprint density at radius 2 is 1.90 bits per heavy atom. The highest BCUT2D eigenvalue weighted by Crippen LogP contribution is 2.25. The van der Waals surface area contributed by atoms with Gasteiger partial charge in [-0.05, 0) is 43.3 Å². The number of aryl methyl sites for hydroxylation is 1. The fraction of sp³-hybridized carbons (Fsp3) is 0.588. The predicted molar refractivity (Wildman–Crippen MR) is 84.1 cm³/mol.